The Morgan fingerprint density at radius 2 is 2.06 bits per heavy atom. The Balaban J connectivity index is 1.45. The van der Waals surface area contributed by atoms with E-state index in [9.17, 15) is 9.18 Å². The predicted molar refractivity (Wildman–Crippen MR) is 133 cm³/mol. The van der Waals surface area contributed by atoms with Crippen LogP contribution in [0.5, 0.6) is 5.75 Å². The van der Waals surface area contributed by atoms with E-state index in [1.54, 1.807) is 30.0 Å². The summed E-state index contributed by atoms with van der Waals surface area (Å²) in [7, 11) is 3.58. The van der Waals surface area contributed by atoms with Crippen molar-refractivity contribution in [1.29, 1.82) is 0 Å². The maximum absolute atomic E-state index is 13.6. The molecule has 0 radical (unpaired) electrons. The number of aryl methyl sites for hydroxylation is 1. The van der Waals surface area contributed by atoms with Gasteiger partial charge in [0.25, 0.3) is 0 Å². The lowest BCUT2D eigenvalue weighted by molar-refractivity contribution is -0.121. The standard InChI is InChI=1S/C26H26FN7O2/c1-4-34-12-18(21(32-34)15-5-7-17(27)8-6-15)22-23-19(28-14-29-22)9-20(36-3)24(30-23)31-25(35)26-10-16(26)11-33(2)13-26/h5-9,12,14,16H,4,10-11,13H2,1-3H3,(H,30,31,35)/t16-,26-/m1/s1. The first kappa shape index (κ1) is 22.5. The first-order valence-corrected chi connectivity index (χ1v) is 12.0. The number of amides is 1. The normalized spacial score (nSPS) is 20.9. The van der Waals surface area contributed by atoms with Crippen molar-refractivity contribution >= 4 is 22.8 Å². The summed E-state index contributed by atoms with van der Waals surface area (Å²) in [5.41, 5.74) is 3.47. The summed E-state index contributed by atoms with van der Waals surface area (Å²) in [6.45, 7) is 4.31. The Morgan fingerprint density at radius 1 is 1.25 bits per heavy atom. The molecule has 1 saturated heterocycles. The molecule has 0 spiro atoms. The summed E-state index contributed by atoms with van der Waals surface area (Å²) in [4.78, 5) is 29.2. The molecule has 184 valence electrons. The fourth-order valence-corrected chi connectivity index (χ4v) is 5.31. The Morgan fingerprint density at radius 3 is 2.75 bits per heavy atom. The van der Waals surface area contributed by atoms with Gasteiger partial charge in [0, 0.05) is 43.0 Å². The van der Waals surface area contributed by atoms with Gasteiger partial charge < -0.3 is 15.0 Å². The molecule has 1 amide bonds. The van der Waals surface area contributed by atoms with E-state index in [0.29, 0.717) is 46.5 Å². The van der Waals surface area contributed by atoms with Gasteiger partial charge in [-0.25, -0.2) is 19.3 Å². The highest BCUT2D eigenvalue weighted by Gasteiger charge is 2.64. The summed E-state index contributed by atoms with van der Waals surface area (Å²) in [6.07, 6.45) is 4.26. The predicted octanol–water partition coefficient (Wildman–Crippen LogP) is 3.61. The average molecular weight is 488 g/mol. The number of ether oxygens (including phenoxy) is 1. The number of methoxy groups -OCH3 is 1. The molecular formula is C26H26FN7O2. The minimum absolute atomic E-state index is 0.0359. The fraction of sp³-hybridized carbons (Fsp3) is 0.346. The molecule has 4 heterocycles. The lowest BCUT2D eigenvalue weighted by Gasteiger charge is -2.17. The van der Waals surface area contributed by atoms with Gasteiger partial charge in [-0.15, -0.1) is 0 Å². The van der Waals surface area contributed by atoms with E-state index in [4.69, 9.17) is 14.8 Å². The molecule has 0 bridgehead atoms. The maximum Gasteiger partial charge on any atom is 0.233 e. The van der Waals surface area contributed by atoms with Crippen LogP contribution in [0.3, 0.4) is 0 Å². The van der Waals surface area contributed by atoms with E-state index in [1.165, 1.54) is 18.5 Å². The van der Waals surface area contributed by atoms with Crippen molar-refractivity contribution in [1.82, 2.24) is 29.6 Å². The van der Waals surface area contributed by atoms with Gasteiger partial charge in [0.1, 0.15) is 29.0 Å². The second kappa shape index (κ2) is 8.34. The van der Waals surface area contributed by atoms with Gasteiger partial charge >= 0.3 is 0 Å². The first-order valence-electron chi connectivity index (χ1n) is 12.0. The van der Waals surface area contributed by atoms with Crippen molar-refractivity contribution in [2.45, 2.75) is 19.9 Å². The second-order valence-electron chi connectivity index (χ2n) is 9.59. The number of carbonyl (C=O) groups excluding carboxylic acids is 1. The number of fused-ring (bicyclic) bond motifs is 2. The first-order chi connectivity index (χ1) is 17.4. The molecule has 36 heavy (non-hydrogen) atoms. The van der Waals surface area contributed by atoms with Crippen molar-refractivity contribution in [3.8, 4) is 28.3 Å². The van der Waals surface area contributed by atoms with Crippen LogP contribution in [0.25, 0.3) is 33.5 Å². The van der Waals surface area contributed by atoms with Crippen LogP contribution in [0.4, 0.5) is 10.2 Å². The molecule has 3 aromatic heterocycles. The van der Waals surface area contributed by atoms with E-state index in [-0.39, 0.29) is 17.1 Å². The topological polar surface area (TPSA) is 98.1 Å². The van der Waals surface area contributed by atoms with Crippen molar-refractivity contribution < 1.29 is 13.9 Å². The van der Waals surface area contributed by atoms with Gasteiger partial charge in [-0.05, 0) is 50.6 Å². The van der Waals surface area contributed by atoms with Gasteiger partial charge in [-0.1, -0.05) is 0 Å². The smallest absolute Gasteiger partial charge is 0.233 e. The number of carbonyl (C=O) groups is 1. The number of hydrogen-bond acceptors (Lipinski definition) is 7. The Kier molecular flexibility index (Phi) is 5.22. The molecule has 1 saturated carbocycles. The molecular weight excluding hydrogens is 461 g/mol. The van der Waals surface area contributed by atoms with Crippen LogP contribution in [0.1, 0.15) is 13.3 Å². The Bertz CT molecular complexity index is 1490. The summed E-state index contributed by atoms with van der Waals surface area (Å²) >= 11 is 0. The molecule has 2 fully saturated rings. The number of aromatic nitrogens is 5. The zero-order valence-corrected chi connectivity index (χ0v) is 20.3. The molecule has 1 aliphatic carbocycles. The van der Waals surface area contributed by atoms with Gasteiger partial charge in [-0.2, -0.15) is 5.10 Å². The van der Waals surface area contributed by atoms with E-state index >= 15 is 0 Å². The summed E-state index contributed by atoms with van der Waals surface area (Å²) in [5.74, 6) is 0.801. The number of hydrogen-bond donors (Lipinski definition) is 1. The number of piperidine rings is 1. The van der Waals surface area contributed by atoms with Gasteiger partial charge in [0.15, 0.2) is 11.6 Å². The van der Waals surface area contributed by atoms with Crippen LogP contribution in [-0.2, 0) is 11.3 Å². The highest BCUT2D eigenvalue weighted by molar-refractivity contribution is 6.01. The quantitative estimate of drug-likeness (QED) is 0.444. The van der Waals surface area contributed by atoms with Crippen molar-refractivity contribution in [2.24, 2.45) is 11.3 Å². The van der Waals surface area contributed by atoms with Gasteiger partial charge in [0.05, 0.1) is 18.0 Å². The highest BCUT2D eigenvalue weighted by atomic mass is 19.1. The van der Waals surface area contributed by atoms with E-state index < -0.39 is 0 Å². The molecule has 1 aliphatic heterocycles. The van der Waals surface area contributed by atoms with Crippen LogP contribution >= 0.6 is 0 Å². The summed E-state index contributed by atoms with van der Waals surface area (Å²) in [6, 6.07) is 7.95. The zero-order chi connectivity index (χ0) is 25.0. The van der Waals surface area contributed by atoms with Crippen LogP contribution in [-0.4, -0.2) is 62.8 Å². The summed E-state index contributed by atoms with van der Waals surface area (Å²) < 4.78 is 20.9. The lowest BCUT2D eigenvalue weighted by Crippen LogP contribution is -2.31. The number of pyridine rings is 1. The van der Waals surface area contributed by atoms with Gasteiger partial charge in [0.2, 0.25) is 5.91 Å². The number of halogens is 1. The van der Waals surface area contributed by atoms with Crippen molar-refractivity contribution in [2.75, 3.05) is 32.6 Å². The third kappa shape index (κ3) is 3.60. The molecule has 0 unspecified atom stereocenters. The highest BCUT2D eigenvalue weighted by Crippen LogP contribution is 2.58. The largest absolute Gasteiger partial charge is 0.493 e. The van der Waals surface area contributed by atoms with Crippen LogP contribution < -0.4 is 10.1 Å². The molecule has 10 heteroatoms. The molecule has 4 aromatic rings. The zero-order valence-electron chi connectivity index (χ0n) is 20.3. The number of anilines is 1. The molecule has 9 nitrogen and oxygen atoms in total. The average Bonchev–Trinajstić information content (AvgIpc) is 3.22. The van der Waals surface area contributed by atoms with E-state index in [2.05, 4.69) is 20.2 Å². The second-order valence-corrected chi connectivity index (χ2v) is 9.59. The van der Waals surface area contributed by atoms with E-state index in [1.807, 2.05) is 20.2 Å². The molecule has 1 aromatic carbocycles. The number of rotatable bonds is 6. The monoisotopic (exact) mass is 487 g/mol. The number of nitrogens with one attached hydrogen (secondary N) is 1. The number of benzene rings is 1. The molecule has 2 atom stereocenters. The SMILES string of the molecule is CCn1cc(-c2ncnc3cc(OC)c(NC(=O)[C@@]45C[C@@H]4CN(C)C5)nc23)c(-c2ccc(F)cc2)n1. The van der Waals surface area contributed by atoms with Gasteiger partial charge in [-0.3, -0.25) is 9.48 Å². The third-order valence-corrected chi connectivity index (χ3v) is 7.25. The Labute approximate surface area is 207 Å². The minimum atomic E-state index is -0.357. The molecule has 1 N–H and O–H groups in total. The molecule has 2 aliphatic rings. The molecule has 6 rings (SSSR count). The number of likely N-dealkylation sites (tertiary alicyclic amines) is 1. The Hall–Kier alpha value is -3.92. The van der Waals surface area contributed by atoms with Crippen LogP contribution in [0.2, 0.25) is 0 Å². The van der Waals surface area contributed by atoms with Crippen LogP contribution in [0.15, 0.2) is 42.9 Å². The van der Waals surface area contributed by atoms with Crippen molar-refractivity contribution in [3.63, 3.8) is 0 Å². The van der Waals surface area contributed by atoms with Crippen LogP contribution in [0, 0.1) is 17.2 Å². The third-order valence-electron chi connectivity index (χ3n) is 7.25. The van der Waals surface area contributed by atoms with E-state index in [0.717, 1.165) is 30.6 Å². The lowest BCUT2D eigenvalue weighted by atomic mass is 10.0. The maximum atomic E-state index is 13.6. The summed E-state index contributed by atoms with van der Waals surface area (Å²) in [5, 5.41) is 7.72. The van der Waals surface area contributed by atoms with Crippen molar-refractivity contribution in [3.05, 3.63) is 48.7 Å². The number of nitrogens with zero attached hydrogens (tertiary/aromatic N) is 6. The fourth-order valence-electron chi connectivity index (χ4n) is 5.31. The minimum Gasteiger partial charge on any atom is -0.493 e.